The topological polar surface area (TPSA) is 56.2 Å². The van der Waals surface area contributed by atoms with Crippen molar-refractivity contribution in [3.05, 3.63) is 17.4 Å². The van der Waals surface area contributed by atoms with E-state index in [2.05, 4.69) is 10.4 Å². The molecule has 1 aromatic rings. The molecule has 17 heavy (non-hydrogen) atoms. The molecule has 1 unspecified atom stereocenters. The number of hydrogen-bond donors (Lipinski definition) is 1. The van der Waals surface area contributed by atoms with Crippen LogP contribution in [0.25, 0.3) is 0 Å². The quantitative estimate of drug-likeness (QED) is 0.786. The van der Waals surface area contributed by atoms with Crippen LogP contribution in [0.1, 0.15) is 19.8 Å². The minimum Gasteiger partial charge on any atom is -0.468 e. The second-order valence-electron chi connectivity index (χ2n) is 4.10. The molecule has 0 bridgehead atoms. The first-order valence-electron chi connectivity index (χ1n) is 5.47. The van der Waals surface area contributed by atoms with Crippen molar-refractivity contribution < 1.29 is 9.53 Å². The van der Waals surface area contributed by atoms with Gasteiger partial charge in [0, 0.05) is 12.7 Å². The van der Waals surface area contributed by atoms with Gasteiger partial charge in [-0.05, 0) is 26.8 Å². The highest BCUT2D eigenvalue weighted by atomic mass is 35.5. The van der Waals surface area contributed by atoms with Crippen LogP contribution in [-0.2, 0) is 16.1 Å². The predicted molar refractivity (Wildman–Crippen MR) is 66.0 cm³/mol. The normalized spacial score (nSPS) is 14.4. The Morgan fingerprint density at radius 1 is 1.71 bits per heavy atom. The van der Waals surface area contributed by atoms with E-state index in [9.17, 15) is 4.79 Å². The standard InChI is InChI=1S/C11H18ClN3O2/c1-11(13-2,10(16)17-3)5-4-6-15-8-9(12)7-14-15/h7-8,13H,4-6H2,1-3H3. The maximum absolute atomic E-state index is 11.6. The van der Waals surface area contributed by atoms with E-state index in [-0.39, 0.29) is 5.97 Å². The van der Waals surface area contributed by atoms with Crippen molar-refractivity contribution in [2.24, 2.45) is 0 Å². The lowest BCUT2D eigenvalue weighted by Crippen LogP contribution is -2.48. The lowest BCUT2D eigenvalue weighted by molar-refractivity contribution is -0.148. The molecular formula is C11H18ClN3O2. The zero-order valence-electron chi connectivity index (χ0n) is 10.4. The van der Waals surface area contributed by atoms with Gasteiger partial charge in [0.15, 0.2) is 0 Å². The van der Waals surface area contributed by atoms with Crippen LogP contribution in [0, 0.1) is 0 Å². The van der Waals surface area contributed by atoms with Crippen LogP contribution in [-0.4, -0.2) is 35.4 Å². The highest BCUT2D eigenvalue weighted by Crippen LogP contribution is 2.15. The number of hydrogen-bond acceptors (Lipinski definition) is 4. The highest BCUT2D eigenvalue weighted by Gasteiger charge is 2.31. The summed E-state index contributed by atoms with van der Waals surface area (Å²) in [5.74, 6) is -0.251. The average molecular weight is 260 g/mol. The zero-order valence-corrected chi connectivity index (χ0v) is 11.1. The number of halogens is 1. The molecule has 0 spiro atoms. The molecule has 0 amide bonds. The Balaban J connectivity index is 2.46. The molecular weight excluding hydrogens is 242 g/mol. The molecule has 0 aliphatic rings. The molecule has 1 atom stereocenters. The summed E-state index contributed by atoms with van der Waals surface area (Å²) in [6.45, 7) is 2.55. The number of methoxy groups -OCH3 is 1. The largest absolute Gasteiger partial charge is 0.468 e. The summed E-state index contributed by atoms with van der Waals surface area (Å²) >= 11 is 5.76. The minimum absolute atomic E-state index is 0.251. The number of rotatable bonds is 6. The average Bonchev–Trinajstić information content (AvgIpc) is 2.73. The summed E-state index contributed by atoms with van der Waals surface area (Å²) in [7, 11) is 3.15. The molecule has 0 saturated carbocycles. The van der Waals surface area contributed by atoms with Gasteiger partial charge < -0.3 is 10.1 Å². The molecule has 6 heteroatoms. The van der Waals surface area contributed by atoms with Gasteiger partial charge in [-0.15, -0.1) is 0 Å². The van der Waals surface area contributed by atoms with Crippen LogP contribution in [0.3, 0.4) is 0 Å². The molecule has 1 rings (SSSR count). The Hall–Kier alpha value is -1.07. The van der Waals surface area contributed by atoms with E-state index in [0.29, 0.717) is 11.4 Å². The van der Waals surface area contributed by atoms with Crippen molar-refractivity contribution in [3.8, 4) is 0 Å². The molecule has 1 N–H and O–H groups in total. The van der Waals surface area contributed by atoms with E-state index in [4.69, 9.17) is 16.3 Å². The third-order valence-corrected chi connectivity index (χ3v) is 3.05. The fourth-order valence-corrected chi connectivity index (χ4v) is 1.77. The van der Waals surface area contributed by atoms with E-state index in [1.807, 2.05) is 6.92 Å². The van der Waals surface area contributed by atoms with Crippen molar-refractivity contribution in [2.45, 2.75) is 31.8 Å². The van der Waals surface area contributed by atoms with Gasteiger partial charge in [-0.2, -0.15) is 5.10 Å². The van der Waals surface area contributed by atoms with Crippen LogP contribution in [0.2, 0.25) is 5.02 Å². The lowest BCUT2D eigenvalue weighted by Gasteiger charge is -2.25. The van der Waals surface area contributed by atoms with E-state index in [1.54, 1.807) is 24.1 Å². The van der Waals surface area contributed by atoms with Gasteiger partial charge >= 0.3 is 5.97 Å². The molecule has 0 aliphatic heterocycles. The van der Waals surface area contributed by atoms with Crippen molar-refractivity contribution in [1.82, 2.24) is 15.1 Å². The smallest absolute Gasteiger partial charge is 0.325 e. The van der Waals surface area contributed by atoms with Gasteiger partial charge in [-0.3, -0.25) is 9.48 Å². The van der Waals surface area contributed by atoms with Gasteiger partial charge in [0.2, 0.25) is 0 Å². The Morgan fingerprint density at radius 3 is 2.88 bits per heavy atom. The van der Waals surface area contributed by atoms with Crippen LogP contribution in [0.4, 0.5) is 0 Å². The number of aryl methyl sites for hydroxylation is 1. The SMILES string of the molecule is CNC(C)(CCCn1cc(Cl)cn1)C(=O)OC. The Morgan fingerprint density at radius 2 is 2.41 bits per heavy atom. The third-order valence-electron chi connectivity index (χ3n) is 2.85. The van der Waals surface area contributed by atoms with Crippen LogP contribution in [0.5, 0.6) is 0 Å². The summed E-state index contributed by atoms with van der Waals surface area (Å²) in [5.41, 5.74) is -0.647. The number of ether oxygens (including phenoxy) is 1. The van der Waals surface area contributed by atoms with Crippen molar-refractivity contribution >= 4 is 17.6 Å². The maximum Gasteiger partial charge on any atom is 0.325 e. The van der Waals surface area contributed by atoms with Crippen molar-refractivity contribution in [2.75, 3.05) is 14.2 Å². The number of nitrogens with one attached hydrogen (secondary N) is 1. The first-order chi connectivity index (χ1) is 8.01. The molecule has 0 radical (unpaired) electrons. The van der Waals surface area contributed by atoms with E-state index in [1.165, 1.54) is 7.11 Å². The fraction of sp³-hybridized carbons (Fsp3) is 0.636. The third kappa shape index (κ3) is 3.71. The summed E-state index contributed by atoms with van der Waals surface area (Å²) < 4.78 is 6.53. The fourth-order valence-electron chi connectivity index (χ4n) is 1.61. The lowest BCUT2D eigenvalue weighted by atomic mass is 9.96. The number of esters is 1. The van der Waals surface area contributed by atoms with Crippen molar-refractivity contribution in [3.63, 3.8) is 0 Å². The molecule has 0 aliphatic carbocycles. The van der Waals surface area contributed by atoms with Gasteiger partial charge in [0.05, 0.1) is 18.3 Å². The first-order valence-corrected chi connectivity index (χ1v) is 5.85. The number of aromatic nitrogens is 2. The molecule has 96 valence electrons. The molecule has 0 aromatic carbocycles. The van der Waals surface area contributed by atoms with Crippen LogP contribution in [0.15, 0.2) is 12.4 Å². The maximum atomic E-state index is 11.6. The minimum atomic E-state index is -0.647. The van der Waals surface area contributed by atoms with E-state index in [0.717, 1.165) is 13.0 Å². The Labute approximate surface area is 106 Å². The predicted octanol–water partition coefficient (Wildman–Crippen LogP) is 1.47. The van der Waals surface area contributed by atoms with Crippen LogP contribution < -0.4 is 5.32 Å². The molecule has 0 saturated heterocycles. The first kappa shape index (κ1) is 14.0. The van der Waals surface area contributed by atoms with Crippen LogP contribution >= 0.6 is 11.6 Å². The summed E-state index contributed by atoms with van der Waals surface area (Å²) in [6, 6.07) is 0. The van der Waals surface area contributed by atoms with Gasteiger partial charge in [-0.25, -0.2) is 0 Å². The monoisotopic (exact) mass is 259 g/mol. The zero-order chi connectivity index (χ0) is 12.9. The van der Waals surface area contributed by atoms with Gasteiger partial charge in [0.25, 0.3) is 0 Å². The second kappa shape index (κ2) is 6.02. The highest BCUT2D eigenvalue weighted by molar-refractivity contribution is 6.30. The summed E-state index contributed by atoms with van der Waals surface area (Å²) in [6.07, 6.45) is 4.84. The van der Waals surface area contributed by atoms with Gasteiger partial charge in [-0.1, -0.05) is 11.6 Å². The van der Waals surface area contributed by atoms with E-state index < -0.39 is 5.54 Å². The number of likely N-dealkylation sites (N-methyl/N-ethyl adjacent to an activating group) is 1. The molecule has 1 heterocycles. The molecule has 5 nitrogen and oxygen atoms in total. The number of carbonyl (C=O) groups is 1. The molecule has 0 fully saturated rings. The summed E-state index contributed by atoms with van der Waals surface area (Å²) in [4.78, 5) is 11.6. The number of nitrogens with zero attached hydrogens (tertiary/aromatic N) is 2. The van der Waals surface area contributed by atoms with E-state index >= 15 is 0 Å². The number of carbonyl (C=O) groups excluding carboxylic acids is 1. The molecule has 1 aromatic heterocycles. The van der Waals surface area contributed by atoms with Crippen molar-refractivity contribution in [1.29, 1.82) is 0 Å². The Kier molecular flexibility index (Phi) is 4.96. The summed E-state index contributed by atoms with van der Waals surface area (Å²) in [5, 5.41) is 7.68. The Bertz CT molecular complexity index is 381. The van der Waals surface area contributed by atoms with Gasteiger partial charge in [0.1, 0.15) is 5.54 Å². The second-order valence-corrected chi connectivity index (χ2v) is 4.54.